The summed E-state index contributed by atoms with van der Waals surface area (Å²) in [6, 6.07) is 0. The van der Waals surface area contributed by atoms with Crippen LogP contribution in [0.15, 0.2) is 16.8 Å². The second-order valence-corrected chi connectivity index (χ2v) is 2.97. The minimum absolute atomic E-state index is 0.172. The van der Waals surface area contributed by atoms with Gasteiger partial charge >= 0.3 is 5.97 Å². The number of hydrogen-bond acceptors (Lipinski definition) is 2. The van der Waals surface area contributed by atoms with Crippen LogP contribution in [0.3, 0.4) is 0 Å². The molecule has 0 atom stereocenters. The molecule has 0 amide bonds. The molecule has 0 unspecified atom stereocenters. The molecule has 0 fully saturated rings. The fourth-order valence-electron chi connectivity index (χ4n) is 0.578. The van der Waals surface area contributed by atoms with Gasteiger partial charge in [-0.15, -0.1) is 5.73 Å². The summed E-state index contributed by atoms with van der Waals surface area (Å²) >= 11 is 3.24. The zero-order valence-electron chi connectivity index (χ0n) is 6.52. The highest BCUT2D eigenvalue weighted by atomic mass is 79.9. The first-order valence-corrected chi connectivity index (χ1v) is 4.11. The summed E-state index contributed by atoms with van der Waals surface area (Å²) in [6.07, 6.45) is 2.02. The molecule has 0 aliphatic rings. The third kappa shape index (κ3) is 5.89. The minimum Gasteiger partial charge on any atom is -0.469 e. The zero-order chi connectivity index (χ0) is 8.69. The van der Waals surface area contributed by atoms with Gasteiger partial charge in [0.25, 0.3) is 0 Å². The lowest BCUT2D eigenvalue weighted by Gasteiger charge is -1.96. The quantitative estimate of drug-likeness (QED) is 0.536. The van der Waals surface area contributed by atoms with Crippen LogP contribution in [-0.2, 0) is 9.53 Å². The van der Waals surface area contributed by atoms with Gasteiger partial charge in [-0.1, -0.05) is 6.58 Å². The maximum Gasteiger partial charge on any atom is 0.305 e. The van der Waals surface area contributed by atoms with Crippen molar-refractivity contribution in [1.29, 1.82) is 0 Å². The first kappa shape index (κ1) is 10.5. The average Bonchev–Trinajstić information content (AvgIpc) is 2.04. The molecule has 0 bridgehead atoms. The fraction of sp³-hybridized carbons (Fsp3) is 0.500. The highest BCUT2D eigenvalue weighted by molar-refractivity contribution is 9.11. The first-order valence-electron chi connectivity index (χ1n) is 3.32. The predicted octanol–water partition coefficient (Wildman–Crippen LogP) is 2.39. The normalized spacial score (nSPS) is 8.55. The van der Waals surface area contributed by atoms with E-state index in [1.807, 2.05) is 0 Å². The maximum absolute atomic E-state index is 10.6. The van der Waals surface area contributed by atoms with Crippen molar-refractivity contribution in [3.63, 3.8) is 0 Å². The van der Waals surface area contributed by atoms with Crippen LogP contribution in [0.5, 0.6) is 0 Å². The molecule has 3 heteroatoms. The van der Waals surface area contributed by atoms with Crippen LogP contribution in [0.1, 0.15) is 19.3 Å². The van der Waals surface area contributed by atoms with Crippen molar-refractivity contribution in [3.05, 3.63) is 16.8 Å². The van der Waals surface area contributed by atoms with E-state index in [-0.39, 0.29) is 5.97 Å². The van der Waals surface area contributed by atoms with Gasteiger partial charge < -0.3 is 4.74 Å². The number of ether oxygens (including phenoxy) is 1. The highest BCUT2D eigenvalue weighted by Crippen LogP contribution is 2.12. The van der Waals surface area contributed by atoms with E-state index in [9.17, 15) is 4.79 Å². The van der Waals surface area contributed by atoms with E-state index in [1.54, 1.807) is 0 Å². The van der Waals surface area contributed by atoms with Crippen molar-refractivity contribution in [2.24, 2.45) is 0 Å². The summed E-state index contributed by atoms with van der Waals surface area (Å²) in [7, 11) is 1.39. The average molecular weight is 219 g/mol. The molecule has 0 saturated carbocycles. The molecule has 0 radical (unpaired) electrons. The molecule has 0 N–H and O–H groups in total. The van der Waals surface area contributed by atoms with E-state index >= 15 is 0 Å². The van der Waals surface area contributed by atoms with Gasteiger partial charge in [-0.25, -0.2) is 0 Å². The second kappa shape index (κ2) is 6.20. The van der Waals surface area contributed by atoms with Gasteiger partial charge in [0.2, 0.25) is 0 Å². The third-order valence-corrected chi connectivity index (χ3v) is 1.87. The molecule has 0 aromatic heterocycles. The lowest BCUT2D eigenvalue weighted by Crippen LogP contribution is -1.98. The molecule has 62 valence electrons. The largest absolute Gasteiger partial charge is 0.469 e. The summed E-state index contributed by atoms with van der Waals surface area (Å²) in [5.74, 6) is -0.172. The summed E-state index contributed by atoms with van der Waals surface area (Å²) in [5, 5.41) is 0. The van der Waals surface area contributed by atoms with Gasteiger partial charge in [0, 0.05) is 10.9 Å². The molecule has 11 heavy (non-hydrogen) atoms. The minimum atomic E-state index is -0.172. The van der Waals surface area contributed by atoms with E-state index in [4.69, 9.17) is 0 Å². The zero-order valence-corrected chi connectivity index (χ0v) is 8.11. The SMILES string of the molecule is C=C=C(Br)CCCC(=O)OC. The van der Waals surface area contributed by atoms with Crippen LogP contribution in [0.25, 0.3) is 0 Å². The standard InChI is InChI=1S/C8H11BrO2/c1-3-7(9)5-4-6-8(10)11-2/h1,4-6H2,2H3. The Balaban J connectivity index is 3.42. The number of methoxy groups -OCH3 is 1. The van der Waals surface area contributed by atoms with Crippen molar-refractivity contribution in [1.82, 2.24) is 0 Å². The fourth-order valence-corrected chi connectivity index (χ4v) is 0.859. The topological polar surface area (TPSA) is 26.3 Å². The van der Waals surface area contributed by atoms with Crippen LogP contribution >= 0.6 is 15.9 Å². The van der Waals surface area contributed by atoms with E-state index < -0.39 is 0 Å². The number of carbonyl (C=O) groups excluding carboxylic acids is 1. The van der Waals surface area contributed by atoms with Gasteiger partial charge in [-0.05, 0) is 28.8 Å². The molecule has 2 nitrogen and oxygen atoms in total. The van der Waals surface area contributed by atoms with Crippen molar-refractivity contribution in [3.8, 4) is 0 Å². The van der Waals surface area contributed by atoms with E-state index in [0.29, 0.717) is 6.42 Å². The monoisotopic (exact) mass is 218 g/mol. The Labute approximate surface area is 75.1 Å². The van der Waals surface area contributed by atoms with Crippen molar-refractivity contribution in [2.45, 2.75) is 19.3 Å². The van der Waals surface area contributed by atoms with E-state index in [0.717, 1.165) is 17.3 Å². The van der Waals surface area contributed by atoms with E-state index in [2.05, 4.69) is 33.0 Å². The first-order chi connectivity index (χ1) is 5.20. The number of halogens is 1. The molecular formula is C8H11BrO2. The van der Waals surface area contributed by atoms with Crippen molar-refractivity contribution >= 4 is 21.9 Å². The molecule has 0 aromatic carbocycles. The van der Waals surface area contributed by atoms with Gasteiger partial charge in [0.05, 0.1) is 7.11 Å². The van der Waals surface area contributed by atoms with Crippen LogP contribution in [0.2, 0.25) is 0 Å². The second-order valence-electron chi connectivity index (χ2n) is 2.01. The van der Waals surface area contributed by atoms with Crippen LogP contribution in [0, 0.1) is 0 Å². The molecule has 0 aromatic rings. The van der Waals surface area contributed by atoms with E-state index in [1.165, 1.54) is 7.11 Å². The number of allylic oxidation sites excluding steroid dienone is 1. The van der Waals surface area contributed by atoms with Gasteiger partial charge in [0.15, 0.2) is 0 Å². The Morgan fingerprint density at radius 2 is 2.27 bits per heavy atom. The van der Waals surface area contributed by atoms with Gasteiger partial charge in [0.1, 0.15) is 0 Å². The number of hydrogen-bond donors (Lipinski definition) is 0. The lowest BCUT2D eigenvalue weighted by molar-refractivity contribution is -0.140. The molecular weight excluding hydrogens is 208 g/mol. The summed E-state index contributed by atoms with van der Waals surface area (Å²) < 4.78 is 5.37. The molecule has 0 saturated heterocycles. The van der Waals surface area contributed by atoms with Crippen LogP contribution in [-0.4, -0.2) is 13.1 Å². The smallest absolute Gasteiger partial charge is 0.305 e. The van der Waals surface area contributed by atoms with Gasteiger partial charge in [-0.2, -0.15) is 0 Å². The van der Waals surface area contributed by atoms with Crippen molar-refractivity contribution < 1.29 is 9.53 Å². The molecule has 0 spiro atoms. The maximum atomic E-state index is 10.6. The summed E-state index contributed by atoms with van der Waals surface area (Å²) in [5.41, 5.74) is 2.69. The Bertz CT molecular complexity index is 181. The summed E-state index contributed by atoms with van der Waals surface area (Å²) in [6.45, 7) is 3.45. The Kier molecular flexibility index (Phi) is 5.90. The lowest BCUT2D eigenvalue weighted by atomic mass is 10.2. The Morgan fingerprint density at radius 1 is 1.64 bits per heavy atom. The molecule has 0 rings (SSSR count). The van der Waals surface area contributed by atoms with Gasteiger partial charge in [-0.3, -0.25) is 4.79 Å². The third-order valence-electron chi connectivity index (χ3n) is 1.20. The number of carbonyl (C=O) groups is 1. The molecule has 0 aliphatic heterocycles. The Morgan fingerprint density at radius 3 is 2.73 bits per heavy atom. The Hall–Kier alpha value is -0.530. The number of rotatable bonds is 4. The predicted molar refractivity (Wildman–Crippen MR) is 47.4 cm³/mol. The van der Waals surface area contributed by atoms with Crippen molar-refractivity contribution in [2.75, 3.05) is 7.11 Å². The summed E-state index contributed by atoms with van der Waals surface area (Å²) in [4.78, 5) is 10.6. The molecule has 0 heterocycles. The van der Waals surface area contributed by atoms with Crippen LogP contribution < -0.4 is 0 Å². The molecule has 0 aliphatic carbocycles. The highest BCUT2D eigenvalue weighted by Gasteiger charge is 1.99. The number of esters is 1. The van der Waals surface area contributed by atoms with Crippen LogP contribution in [0.4, 0.5) is 0 Å².